The summed E-state index contributed by atoms with van der Waals surface area (Å²) in [7, 11) is 0. The summed E-state index contributed by atoms with van der Waals surface area (Å²) in [5.41, 5.74) is 13.1. The highest BCUT2D eigenvalue weighted by Gasteiger charge is 2.21. The molecule has 0 aliphatic rings. The first-order chi connectivity index (χ1) is 21.4. The first-order valence-corrected chi connectivity index (χ1v) is 13.4. The van der Waals surface area contributed by atoms with E-state index in [1.54, 1.807) is 24.3 Å². The van der Waals surface area contributed by atoms with E-state index in [0.717, 1.165) is 18.2 Å². The number of nitrogens with two attached hydrogens (primary N) is 2. The van der Waals surface area contributed by atoms with Crippen molar-refractivity contribution in [2.24, 2.45) is 0 Å². The Labute approximate surface area is 254 Å². The average molecular weight is 617 g/mol. The third-order valence-corrected chi connectivity index (χ3v) is 6.51. The van der Waals surface area contributed by atoms with Gasteiger partial charge in [-0.3, -0.25) is 9.59 Å². The fourth-order valence-electron chi connectivity index (χ4n) is 4.24. The highest BCUT2D eigenvalue weighted by molar-refractivity contribution is 6.01. The lowest BCUT2D eigenvalue weighted by atomic mass is 10.0. The Kier molecular flexibility index (Phi) is 9.67. The van der Waals surface area contributed by atoms with Crippen molar-refractivity contribution in [3.63, 3.8) is 0 Å². The number of rotatable bonds is 13. The van der Waals surface area contributed by atoms with Gasteiger partial charge in [-0.15, -0.1) is 0 Å². The van der Waals surface area contributed by atoms with Crippen LogP contribution in [0.3, 0.4) is 0 Å². The molecule has 1 unspecified atom stereocenters. The summed E-state index contributed by atoms with van der Waals surface area (Å²) in [6.45, 7) is 0.312. The Bertz CT molecular complexity index is 1760. The van der Waals surface area contributed by atoms with E-state index in [4.69, 9.17) is 11.5 Å². The number of nitrogens with one attached hydrogen (secondary N) is 3. The van der Waals surface area contributed by atoms with E-state index in [1.807, 2.05) is 0 Å². The SMILES string of the molecule is Nc1nc(N)c2nc(CNc3ccc(C(=O)NC(CCCNC(=O)c4cc(C(=O)O)cc(C(=O)O)c4)C(=O)O)cc3)ccc2n1. The van der Waals surface area contributed by atoms with Crippen LogP contribution >= 0.6 is 0 Å². The van der Waals surface area contributed by atoms with Crippen LogP contribution in [0.25, 0.3) is 11.0 Å². The summed E-state index contributed by atoms with van der Waals surface area (Å²) in [6.07, 6.45) is 0.113. The predicted molar refractivity (Wildman–Crippen MR) is 161 cm³/mol. The molecule has 4 rings (SSSR count). The summed E-state index contributed by atoms with van der Waals surface area (Å²) in [6, 6.07) is 11.6. The molecule has 1 atom stereocenters. The Morgan fingerprint density at radius 3 is 2.02 bits per heavy atom. The van der Waals surface area contributed by atoms with Crippen LogP contribution in [0.4, 0.5) is 17.5 Å². The third-order valence-electron chi connectivity index (χ3n) is 6.51. The number of carboxylic acids is 3. The van der Waals surface area contributed by atoms with E-state index in [2.05, 4.69) is 30.9 Å². The van der Waals surface area contributed by atoms with Crippen LogP contribution in [0.5, 0.6) is 0 Å². The average Bonchev–Trinajstić information content (AvgIpc) is 3.01. The highest BCUT2D eigenvalue weighted by Crippen LogP contribution is 2.18. The summed E-state index contributed by atoms with van der Waals surface area (Å²) < 4.78 is 0. The molecule has 232 valence electrons. The zero-order valence-electron chi connectivity index (χ0n) is 23.5. The maximum atomic E-state index is 12.7. The number of pyridine rings is 1. The largest absolute Gasteiger partial charge is 0.480 e. The van der Waals surface area contributed by atoms with Crippen molar-refractivity contribution < 1.29 is 39.3 Å². The molecule has 2 heterocycles. The van der Waals surface area contributed by atoms with Gasteiger partial charge in [0.15, 0.2) is 5.82 Å². The first-order valence-electron chi connectivity index (χ1n) is 13.4. The molecular formula is C29H28N8O8. The van der Waals surface area contributed by atoms with Gasteiger partial charge in [0.05, 0.1) is 28.9 Å². The summed E-state index contributed by atoms with van der Waals surface area (Å²) in [5, 5.41) is 36.0. The van der Waals surface area contributed by atoms with E-state index in [1.165, 1.54) is 12.1 Å². The Balaban J connectivity index is 1.28. The molecule has 2 aromatic heterocycles. The zero-order chi connectivity index (χ0) is 32.7. The van der Waals surface area contributed by atoms with Crippen molar-refractivity contribution in [2.75, 3.05) is 23.3 Å². The topological polar surface area (TPSA) is 273 Å². The van der Waals surface area contributed by atoms with E-state index in [0.29, 0.717) is 29.0 Å². The number of anilines is 3. The van der Waals surface area contributed by atoms with Gasteiger partial charge in [0.2, 0.25) is 5.95 Å². The number of aromatic nitrogens is 3. The van der Waals surface area contributed by atoms with Crippen molar-refractivity contribution in [3.8, 4) is 0 Å². The number of hydrogen-bond donors (Lipinski definition) is 8. The van der Waals surface area contributed by atoms with Crippen LogP contribution in [0.2, 0.25) is 0 Å². The number of aromatic carboxylic acids is 2. The van der Waals surface area contributed by atoms with Crippen molar-refractivity contribution in [1.29, 1.82) is 0 Å². The molecule has 0 saturated heterocycles. The number of nitrogens with zero attached hydrogens (tertiary/aromatic N) is 3. The zero-order valence-corrected chi connectivity index (χ0v) is 23.5. The molecule has 4 aromatic rings. The molecule has 0 bridgehead atoms. The summed E-state index contributed by atoms with van der Waals surface area (Å²) in [5.74, 6) is -5.20. The van der Waals surface area contributed by atoms with Gasteiger partial charge in [0.25, 0.3) is 11.8 Å². The number of amides is 2. The molecule has 0 spiro atoms. The maximum Gasteiger partial charge on any atom is 0.335 e. The number of benzene rings is 2. The Morgan fingerprint density at radius 1 is 0.756 bits per heavy atom. The van der Waals surface area contributed by atoms with Crippen LogP contribution in [0, 0.1) is 0 Å². The van der Waals surface area contributed by atoms with Crippen molar-refractivity contribution in [3.05, 3.63) is 82.5 Å². The molecule has 0 saturated carbocycles. The van der Waals surface area contributed by atoms with Gasteiger partial charge in [-0.1, -0.05) is 0 Å². The molecule has 16 heteroatoms. The number of nitrogen functional groups attached to an aromatic ring is 2. The van der Waals surface area contributed by atoms with Crippen LogP contribution in [-0.2, 0) is 11.3 Å². The van der Waals surface area contributed by atoms with Crippen LogP contribution in [0.15, 0.2) is 54.6 Å². The fourth-order valence-corrected chi connectivity index (χ4v) is 4.24. The molecule has 2 amide bonds. The number of carbonyl (C=O) groups is 5. The van der Waals surface area contributed by atoms with Crippen LogP contribution in [0.1, 0.15) is 60.0 Å². The number of aliphatic carboxylic acids is 1. The lowest BCUT2D eigenvalue weighted by Crippen LogP contribution is -2.41. The fraction of sp³-hybridized carbons (Fsp3) is 0.172. The normalized spacial score (nSPS) is 11.4. The van der Waals surface area contributed by atoms with Crippen LogP contribution < -0.4 is 27.4 Å². The van der Waals surface area contributed by atoms with Gasteiger partial charge in [0.1, 0.15) is 11.6 Å². The smallest absolute Gasteiger partial charge is 0.335 e. The first kappa shape index (κ1) is 31.6. The second kappa shape index (κ2) is 13.8. The lowest BCUT2D eigenvalue weighted by molar-refractivity contribution is -0.139. The van der Waals surface area contributed by atoms with Gasteiger partial charge >= 0.3 is 17.9 Å². The minimum Gasteiger partial charge on any atom is -0.480 e. The van der Waals surface area contributed by atoms with Gasteiger partial charge < -0.3 is 42.7 Å². The van der Waals surface area contributed by atoms with Gasteiger partial charge in [-0.2, -0.15) is 4.98 Å². The quantitative estimate of drug-likeness (QED) is 0.0991. The standard InChI is InChI=1S/C29H28N8O8/c30-23-22-20(36-29(31)37-23)8-7-19(34-22)13-33-18-5-3-14(4-6-18)25(39)35-21(28(44)45)2-1-9-32-24(38)15-10-16(26(40)41)12-17(11-15)27(42)43/h3-8,10-12,21,33H,1-2,9,13H2,(H,32,38)(H,35,39)(H,40,41)(H,42,43)(H,44,45)(H4,30,31,36,37). The Morgan fingerprint density at radius 2 is 1.40 bits per heavy atom. The van der Waals surface area contributed by atoms with E-state index in [-0.39, 0.29) is 53.4 Å². The van der Waals surface area contributed by atoms with Crippen molar-refractivity contribution in [2.45, 2.75) is 25.4 Å². The van der Waals surface area contributed by atoms with Gasteiger partial charge in [-0.25, -0.2) is 24.4 Å². The third kappa shape index (κ3) is 8.16. The number of hydrogen-bond acceptors (Lipinski definition) is 11. The minimum atomic E-state index is -1.40. The molecule has 16 nitrogen and oxygen atoms in total. The number of fused-ring (bicyclic) bond motifs is 1. The minimum absolute atomic E-state index is 0.0156. The predicted octanol–water partition coefficient (Wildman–Crippen LogP) is 1.59. The lowest BCUT2D eigenvalue weighted by Gasteiger charge is -2.15. The molecule has 45 heavy (non-hydrogen) atoms. The maximum absolute atomic E-state index is 12.7. The molecule has 0 aliphatic carbocycles. The van der Waals surface area contributed by atoms with E-state index >= 15 is 0 Å². The molecule has 2 aromatic carbocycles. The summed E-state index contributed by atoms with van der Waals surface area (Å²) in [4.78, 5) is 71.9. The molecular weight excluding hydrogens is 588 g/mol. The second-order valence-electron chi connectivity index (χ2n) is 9.74. The van der Waals surface area contributed by atoms with Crippen molar-refractivity contribution >= 4 is 58.2 Å². The van der Waals surface area contributed by atoms with Crippen LogP contribution in [-0.4, -0.2) is 72.6 Å². The Hall–Kier alpha value is -6.32. The van der Waals surface area contributed by atoms with Gasteiger partial charge in [-0.05, 0) is 67.4 Å². The number of carboxylic acid groups (broad SMARTS) is 3. The summed E-state index contributed by atoms with van der Waals surface area (Å²) >= 11 is 0. The highest BCUT2D eigenvalue weighted by atomic mass is 16.4. The molecule has 0 aliphatic heterocycles. The van der Waals surface area contributed by atoms with Crippen molar-refractivity contribution in [1.82, 2.24) is 25.6 Å². The molecule has 10 N–H and O–H groups in total. The molecule has 0 fully saturated rings. The van der Waals surface area contributed by atoms with Gasteiger partial charge in [0, 0.05) is 23.4 Å². The molecule has 0 radical (unpaired) electrons. The number of carbonyl (C=O) groups excluding carboxylic acids is 2. The monoisotopic (exact) mass is 616 g/mol. The van der Waals surface area contributed by atoms with E-state index in [9.17, 15) is 39.3 Å². The second-order valence-corrected chi connectivity index (χ2v) is 9.74. The van der Waals surface area contributed by atoms with E-state index < -0.39 is 35.8 Å².